The van der Waals surface area contributed by atoms with Crippen LogP contribution in [-0.4, -0.2) is 79.3 Å². The first-order valence-electron chi connectivity index (χ1n) is 15.9. The van der Waals surface area contributed by atoms with Crippen molar-refractivity contribution in [2.24, 2.45) is 5.73 Å². The molecule has 0 aliphatic carbocycles. The van der Waals surface area contributed by atoms with Gasteiger partial charge < -0.3 is 48.1 Å². The van der Waals surface area contributed by atoms with Gasteiger partial charge in [0.25, 0.3) is 0 Å². The van der Waals surface area contributed by atoms with Gasteiger partial charge >= 0.3 is 11.9 Å². The molecule has 3 amide bonds. The summed E-state index contributed by atoms with van der Waals surface area (Å²) < 4.78 is 9.74. The van der Waals surface area contributed by atoms with Crippen molar-refractivity contribution in [3.8, 4) is 0 Å². The zero-order valence-corrected chi connectivity index (χ0v) is 32.2. The summed E-state index contributed by atoms with van der Waals surface area (Å²) >= 11 is 0. The predicted molar refractivity (Wildman–Crippen MR) is 198 cm³/mol. The van der Waals surface area contributed by atoms with E-state index in [-0.39, 0.29) is 67.0 Å². The number of ether oxygens (including phenoxy) is 2. The quantitative estimate of drug-likeness (QED) is 0.0496. The van der Waals surface area contributed by atoms with Crippen LogP contribution in [0.15, 0.2) is 91.0 Å². The van der Waals surface area contributed by atoms with Gasteiger partial charge in [-0.05, 0) is 56.7 Å². The van der Waals surface area contributed by atoms with Crippen LogP contribution < -0.4 is 54.6 Å². The number of nitrogens with two attached hydrogens (primary N) is 1. The number of benzene rings is 3. The molecule has 0 aliphatic rings. The molecule has 3 aromatic carbocycles. The molecular formula is C35H44BrN4O7PS2. The fourth-order valence-electron chi connectivity index (χ4n) is 4.84. The zero-order valence-electron chi connectivity index (χ0n) is 28.0. The Balaban J connectivity index is 0.00000867. The number of carbonyl (C=O) groups excluding carboxylic acids is 5. The lowest BCUT2D eigenvalue weighted by molar-refractivity contribution is -0.145. The molecule has 0 unspecified atom stereocenters. The smallest absolute Gasteiger partial charge is 0.325 e. The van der Waals surface area contributed by atoms with E-state index in [4.69, 9.17) is 15.2 Å². The van der Waals surface area contributed by atoms with Crippen LogP contribution in [0.5, 0.6) is 0 Å². The molecule has 3 rings (SSSR count). The predicted octanol–water partition coefficient (Wildman–Crippen LogP) is -0.726. The Hall–Kier alpha value is -3.42. The highest BCUT2D eigenvalue weighted by Crippen LogP contribution is 2.54. The van der Waals surface area contributed by atoms with E-state index in [1.54, 1.807) is 13.8 Å². The molecular weight excluding hydrogens is 763 g/mol. The molecule has 15 heteroatoms. The van der Waals surface area contributed by atoms with Gasteiger partial charge in [0.05, 0.1) is 19.0 Å². The lowest BCUT2D eigenvalue weighted by atomic mass is 10.1. The number of carbonyl (C=O) groups is 5. The van der Waals surface area contributed by atoms with Gasteiger partial charge in [0, 0.05) is 12.2 Å². The fourth-order valence-corrected chi connectivity index (χ4v) is 10.8. The third-order valence-corrected chi connectivity index (χ3v) is 13.7. The van der Waals surface area contributed by atoms with E-state index in [0.717, 1.165) is 15.9 Å². The Morgan fingerprint density at radius 3 is 1.76 bits per heavy atom. The maximum Gasteiger partial charge on any atom is 0.325 e. The maximum atomic E-state index is 13.3. The van der Waals surface area contributed by atoms with Crippen molar-refractivity contribution < 1.29 is 50.4 Å². The summed E-state index contributed by atoms with van der Waals surface area (Å²) in [7, 11) is 0.222. The Bertz CT molecular complexity index is 1410. The lowest BCUT2D eigenvalue weighted by Crippen LogP contribution is -3.00. The number of esters is 2. The van der Waals surface area contributed by atoms with Gasteiger partial charge in [-0.3, -0.25) is 24.0 Å². The largest absolute Gasteiger partial charge is 1.00 e. The van der Waals surface area contributed by atoms with Crippen LogP contribution >= 0.6 is 28.9 Å². The van der Waals surface area contributed by atoms with E-state index in [9.17, 15) is 24.0 Å². The summed E-state index contributed by atoms with van der Waals surface area (Å²) in [6.45, 7) is 3.28. The second kappa shape index (κ2) is 23.1. The number of nitrogens with one attached hydrogen (secondary N) is 3. The van der Waals surface area contributed by atoms with Crippen LogP contribution in [0.2, 0.25) is 0 Å². The van der Waals surface area contributed by atoms with E-state index < -0.39 is 43.1 Å². The third kappa shape index (κ3) is 13.4. The summed E-state index contributed by atoms with van der Waals surface area (Å²) in [5, 5.41) is 11.7. The molecule has 11 nitrogen and oxygen atoms in total. The normalized spacial score (nSPS) is 12.0. The van der Waals surface area contributed by atoms with E-state index in [2.05, 4.69) is 52.3 Å². The first kappa shape index (κ1) is 42.7. The standard InChI is InChI=1S/C35H43N4O7PS2.BrH/c1-3-45-33(42)22-37-34(43)30(39-31(40)21-20-29(36)35(44)46-4-2)23-48-49-24-32(41)38-25-47(26-14-8-5-9-15-26,27-16-10-6-11-17-27)28-18-12-7-13-19-28;/h5-19,29-30H,3-4,20-25,36H2,1-2H3,(H2-,37,38,39,40,41,43);1H/t29-,30-;/m0./s1. The summed E-state index contributed by atoms with van der Waals surface area (Å²) in [5.41, 5.74) is 5.80. The molecule has 270 valence electrons. The molecule has 0 heterocycles. The molecule has 0 bridgehead atoms. The molecule has 2 atom stereocenters. The van der Waals surface area contributed by atoms with Gasteiger partial charge in [0.2, 0.25) is 17.7 Å². The van der Waals surface area contributed by atoms with Crippen molar-refractivity contribution in [2.45, 2.75) is 38.8 Å². The molecule has 5 N–H and O–H groups in total. The molecule has 0 radical (unpaired) electrons. The second-order valence-electron chi connectivity index (χ2n) is 10.7. The molecule has 0 saturated heterocycles. The minimum absolute atomic E-state index is 0. The molecule has 0 fully saturated rings. The van der Waals surface area contributed by atoms with Crippen LogP contribution in [0.4, 0.5) is 0 Å². The molecule has 0 spiro atoms. The highest BCUT2D eigenvalue weighted by atomic mass is 79.9. The van der Waals surface area contributed by atoms with Crippen LogP contribution in [0, 0.1) is 0 Å². The summed E-state index contributed by atoms with van der Waals surface area (Å²) in [5.74, 6) is -2.27. The van der Waals surface area contributed by atoms with Crippen molar-refractivity contribution in [3.63, 3.8) is 0 Å². The van der Waals surface area contributed by atoms with E-state index in [1.807, 2.05) is 54.6 Å². The van der Waals surface area contributed by atoms with E-state index in [1.165, 1.54) is 21.6 Å². The maximum absolute atomic E-state index is 13.3. The van der Waals surface area contributed by atoms with Crippen molar-refractivity contribution >= 4 is 74.4 Å². The Labute approximate surface area is 312 Å². The van der Waals surface area contributed by atoms with Gasteiger partial charge in [-0.25, -0.2) is 0 Å². The lowest BCUT2D eigenvalue weighted by Gasteiger charge is -2.27. The van der Waals surface area contributed by atoms with Gasteiger partial charge in [0.15, 0.2) is 0 Å². The molecule has 3 aromatic rings. The first-order valence-corrected chi connectivity index (χ1v) is 20.4. The number of hydrogen-bond donors (Lipinski definition) is 4. The van der Waals surface area contributed by atoms with E-state index in [0.29, 0.717) is 6.29 Å². The number of hydrogen-bond acceptors (Lipinski definition) is 10. The topological polar surface area (TPSA) is 166 Å². The fraction of sp³-hybridized carbons (Fsp3) is 0.343. The van der Waals surface area contributed by atoms with Gasteiger partial charge in [-0.2, -0.15) is 0 Å². The average molecular weight is 808 g/mol. The summed E-state index contributed by atoms with van der Waals surface area (Å²) in [6.07, 6.45) is 0.331. The Morgan fingerprint density at radius 1 is 0.740 bits per heavy atom. The number of amides is 3. The average Bonchev–Trinajstić information content (AvgIpc) is 3.12. The molecule has 50 heavy (non-hydrogen) atoms. The monoisotopic (exact) mass is 806 g/mol. The second-order valence-corrected chi connectivity index (χ2v) is 16.7. The molecule has 0 aromatic heterocycles. The minimum atomic E-state index is -2.26. The van der Waals surface area contributed by atoms with Crippen LogP contribution in [-0.2, 0) is 33.4 Å². The van der Waals surface area contributed by atoms with Crippen molar-refractivity contribution in [1.82, 2.24) is 16.0 Å². The zero-order chi connectivity index (χ0) is 35.5. The molecule has 0 saturated carbocycles. The first-order chi connectivity index (χ1) is 23.7. The Morgan fingerprint density at radius 2 is 1.26 bits per heavy atom. The number of halogens is 1. The summed E-state index contributed by atoms with van der Waals surface area (Å²) in [4.78, 5) is 62.5. The van der Waals surface area contributed by atoms with Crippen LogP contribution in [0.3, 0.4) is 0 Å². The summed E-state index contributed by atoms with van der Waals surface area (Å²) in [6, 6.07) is 28.7. The minimum Gasteiger partial charge on any atom is -1.00 e. The van der Waals surface area contributed by atoms with Crippen molar-refractivity contribution in [1.29, 1.82) is 0 Å². The van der Waals surface area contributed by atoms with Crippen LogP contribution in [0.25, 0.3) is 0 Å². The Kier molecular flexibility index (Phi) is 19.8. The van der Waals surface area contributed by atoms with Gasteiger partial charge in [-0.1, -0.05) is 76.2 Å². The number of rotatable bonds is 20. The van der Waals surface area contributed by atoms with Crippen molar-refractivity contribution in [2.75, 3.05) is 37.6 Å². The van der Waals surface area contributed by atoms with Gasteiger partial charge in [0.1, 0.15) is 48.1 Å². The van der Waals surface area contributed by atoms with E-state index >= 15 is 0 Å². The van der Waals surface area contributed by atoms with Crippen LogP contribution in [0.1, 0.15) is 26.7 Å². The highest BCUT2D eigenvalue weighted by molar-refractivity contribution is 8.76. The SMILES string of the molecule is CCOC(=O)CNC(=O)[C@H](CSSCC(=O)NC[P+](c1ccccc1)(c1ccccc1)c1ccccc1)NC(=O)CC[C@H](N)C(=O)OCC.[Br-]. The highest BCUT2D eigenvalue weighted by Gasteiger charge is 2.45. The van der Waals surface area contributed by atoms with Gasteiger partial charge in [-0.15, -0.1) is 0 Å². The third-order valence-electron chi connectivity index (χ3n) is 7.25. The molecule has 0 aliphatic heterocycles. The van der Waals surface area contributed by atoms with Crippen molar-refractivity contribution in [3.05, 3.63) is 91.0 Å².